The number of nitrogens with zero attached hydrogens (tertiary/aromatic N) is 2. The van der Waals surface area contributed by atoms with Crippen molar-refractivity contribution in [2.24, 2.45) is 5.92 Å². The molecule has 21 heavy (non-hydrogen) atoms. The zero-order chi connectivity index (χ0) is 14.7. The second-order valence-electron chi connectivity index (χ2n) is 6.57. The van der Waals surface area contributed by atoms with Gasteiger partial charge in [-0.15, -0.1) is 0 Å². The third kappa shape index (κ3) is 3.15. The first-order valence-electron chi connectivity index (χ1n) is 8.38. The van der Waals surface area contributed by atoms with Gasteiger partial charge in [0.05, 0.1) is 5.60 Å². The van der Waals surface area contributed by atoms with Crippen LogP contribution in [0.5, 0.6) is 0 Å². The van der Waals surface area contributed by atoms with Crippen molar-refractivity contribution in [3.63, 3.8) is 0 Å². The second kappa shape index (κ2) is 6.22. The van der Waals surface area contributed by atoms with Crippen molar-refractivity contribution in [1.29, 1.82) is 0 Å². The normalized spacial score (nSPS) is 29.0. The van der Waals surface area contributed by atoms with E-state index in [1.165, 1.54) is 24.9 Å². The van der Waals surface area contributed by atoms with Gasteiger partial charge >= 0.3 is 0 Å². The van der Waals surface area contributed by atoms with Crippen molar-refractivity contribution in [3.05, 3.63) is 18.3 Å². The molecule has 1 aromatic rings. The van der Waals surface area contributed by atoms with E-state index in [9.17, 15) is 5.11 Å². The summed E-state index contributed by atoms with van der Waals surface area (Å²) in [5.41, 5.74) is 0.835. The molecule has 1 aliphatic heterocycles. The number of fused-ring (bicyclic) bond motifs is 1. The first-order chi connectivity index (χ1) is 10.2. The largest absolute Gasteiger partial charge is 0.389 e. The number of hydrogen-bond donors (Lipinski definition) is 2. The van der Waals surface area contributed by atoms with E-state index in [0.717, 1.165) is 44.7 Å². The van der Waals surface area contributed by atoms with E-state index in [1.807, 2.05) is 6.20 Å². The first-order valence-corrected chi connectivity index (χ1v) is 8.38. The molecule has 0 spiro atoms. The smallest absolute Gasteiger partial charge is 0.127 e. The maximum absolute atomic E-state index is 10.8. The fourth-order valence-corrected chi connectivity index (χ4v) is 3.77. The molecule has 0 amide bonds. The van der Waals surface area contributed by atoms with Gasteiger partial charge < -0.3 is 15.3 Å². The molecule has 2 N–H and O–H groups in total. The van der Waals surface area contributed by atoms with Crippen LogP contribution in [0, 0.1) is 5.92 Å². The van der Waals surface area contributed by atoms with Crippen LogP contribution in [0.4, 0.5) is 11.5 Å². The summed E-state index contributed by atoms with van der Waals surface area (Å²) in [6.07, 6.45) is 8.50. The molecule has 0 aromatic carbocycles. The van der Waals surface area contributed by atoms with Gasteiger partial charge in [0.2, 0.25) is 0 Å². The molecular weight excluding hydrogens is 262 g/mol. The van der Waals surface area contributed by atoms with E-state index in [2.05, 4.69) is 34.3 Å². The summed E-state index contributed by atoms with van der Waals surface area (Å²) in [6.45, 7) is 5.04. The summed E-state index contributed by atoms with van der Waals surface area (Å²) >= 11 is 0. The molecule has 3 rings (SSSR count). The molecule has 2 fully saturated rings. The van der Waals surface area contributed by atoms with Crippen LogP contribution < -0.4 is 10.2 Å². The summed E-state index contributed by atoms with van der Waals surface area (Å²) in [4.78, 5) is 6.80. The molecule has 0 radical (unpaired) electrons. The van der Waals surface area contributed by atoms with Gasteiger partial charge in [-0.3, -0.25) is 0 Å². The maximum Gasteiger partial charge on any atom is 0.127 e. The fraction of sp³-hybridized carbons (Fsp3) is 0.706. The predicted octanol–water partition coefficient (Wildman–Crippen LogP) is 3.03. The van der Waals surface area contributed by atoms with Gasteiger partial charge in [0, 0.05) is 43.5 Å². The quantitative estimate of drug-likeness (QED) is 0.894. The molecular formula is C17H27N3O. The highest BCUT2D eigenvalue weighted by molar-refractivity contribution is 5.54. The second-order valence-corrected chi connectivity index (χ2v) is 6.57. The monoisotopic (exact) mass is 289 g/mol. The lowest BCUT2D eigenvalue weighted by Crippen LogP contribution is -2.53. The molecule has 2 unspecified atom stereocenters. The molecule has 4 nitrogen and oxygen atoms in total. The van der Waals surface area contributed by atoms with Crippen molar-refractivity contribution in [3.8, 4) is 0 Å². The molecule has 2 heterocycles. The van der Waals surface area contributed by atoms with Crippen molar-refractivity contribution in [2.45, 2.75) is 51.0 Å². The predicted molar refractivity (Wildman–Crippen MR) is 86.8 cm³/mol. The lowest BCUT2D eigenvalue weighted by molar-refractivity contribution is -0.0612. The SMILES string of the molecule is CCCNc1cc(N2CCC3(O)CCCCC3C2)ccn1. The van der Waals surface area contributed by atoms with Crippen LogP contribution in [0.3, 0.4) is 0 Å². The third-order valence-corrected chi connectivity index (χ3v) is 5.09. The van der Waals surface area contributed by atoms with Crippen LogP contribution in [0.15, 0.2) is 18.3 Å². The molecule has 1 aliphatic carbocycles. The highest BCUT2D eigenvalue weighted by Gasteiger charge is 2.42. The third-order valence-electron chi connectivity index (χ3n) is 5.09. The lowest BCUT2D eigenvalue weighted by atomic mass is 9.71. The van der Waals surface area contributed by atoms with E-state index in [4.69, 9.17) is 0 Å². The van der Waals surface area contributed by atoms with Gasteiger partial charge in [-0.25, -0.2) is 4.98 Å². The van der Waals surface area contributed by atoms with Gasteiger partial charge in [-0.05, 0) is 31.7 Å². The van der Waals surface area contributed by atoms with Crippen molar-refractivity contribution >= 4 is 11.5 Å². The first kappa shape index (κ1) is 14.6. The number of aromatic nitrogens is 1. The zero-order valence-electron chi connectivity index (χ0n) is 13.0. The number of pyridine rings is 1. The molecule has 1 saturated heterocycles. The Morgan fingerprint density at radius 3 is 3.19 bits per heavy atom. The van der Waals surface area contributed by atoms with Crippen LogP contribution in [-0.2, 0) is 0 Å². The summed E-state index contributed by atoms with van der Waals surface area (Å²) in [6, 6.07) is 4.23. The Morgan fingerprint density at radius 1 is 1.43 bits per heavy atom. The highest BCUT2D eigenvalue weighted by Crippen LogP contribution is 2.40. The van der Waals surface area contributed by atoms with Crippen LogP contribution in [0.2, 0.25) is 0 Å². The summed E-state index contributed by atoms with van der Waals surface area (Å²) < 4.78 is 0. The summed E-state index contributed by atoms with van der Waals surface area (Å²) in [5, 5.41) is 14.1. The standard InChI is InChI=1S/C17H27N3O/c1-2-9-18-16-12-15(6-10-19-16)20-11-8-17(21)7-4-3-5-14(17)13-20/h6,10,12,14,21H,2-5,7-9,11,13H2,1H3,(H,18,19). The fourth-order valence-electron chi connectivity index (χ4n) is 3.77. The van der Waals surface area contributed by atoms with Gasteiger partial charge in [-0.1, -0.05) is 19.8 Å². The van der Waals surface area contributed by atoms with Crippen LogP contribution >= 0.6 is 0 Å². The van der Waals surface area contributed by atoms with Crippen molar-refractivity contribution in [2.75, 3.05) is 29.9 Å². The number of hydrogen-bond acceptors (Lipinski definition) is 4. The number of aliphatic hydroxyl groups is 1. The minimum absolute atomic E-state index is 0.398. The molecule has 2 atom stereocenters. The minimum atomic E-state index is -0.398. The van der Waals surface area contributed by atoms with Crippen molar-refractivity contribution in [1.82, 2.24) is 4.98 Å². The van der Waals surface area contributed by atoms with E-state index in [0.29, 0.717) is 5.92 Å². The van der Waals surface area contributed by atoms with Gasteiger partial charge in [0.25, 0.3) is 0 Å². The Morgan fingerprint density at radius 2 is 2.33 bits per heavy atom. The topological polar surface area (TPSA) is 48.4 Å². The Balaban J connectivity index is 1.70. The van der Waals surface area contributed by atoms with E-state index in [1.54, 1.807) is 0 Å². The Bertz CT molecular complexity index is 479. The lowest BCUT2D eigenvalue weighted by Gasteiger charge is -2.48. The maximum atomic E-state index is 10.8. The average Bonchev–Trinajstić information content (AvgIpc) is 2.52. The Kier molecular flexibility index (Phi) is 4.34. The Hall–Kier alpha value is -1.29. The van der Waals surface area contributed by atoms with Gasteiger partial charge in [0.15, 0.2) is 0 Å². The van der Waals surface area contributed by atoms with Crippen LogP contribution in [-0.4, -0.2) is 35.3 Å². The highest BCUT2D eigenvalue weighted by atomic mass is 16.3. The molecule has 116 valence electrons. The van der Waals surface area contributed by atoms with E-state index in [-0.39, 0.29) is 0 Å². The number of anilines is 2. The minimum Gasteiger partial charge on any atom is -0.389 e. The number of rotatable bonds is 4. The zero-order valence-corrected chi connectivity index (χ0v) is 13.0. The van der Waals surface area contributed by atoms with Gasteiger partial charge in [-0.2, -0.15) is 0 Å². The Labute approximate surface area is 127 Å². The molecule has 4 heteroatoms. The summed E-state index contributed by atoms with van der Waals surface area (Å²) in [5.74, 6) is 1.39. The molecule has 0 bridgehead atoms. The molecule has 1 saturated carbocycles. The van der Waals surface area contributed by atoms with Gasteiger partial charge in [0.1, 0.15) is 5.82 Å². The summed E-state index contributed by atoms with van der Waals surface area (Å²) in [7, 11) is 0. The van der Waals surface area contributed by atoms with E-state index < -0.39 is 5.60 Å². The molecule has 1 aromatic heterocycles. The number of piperidine rings is 1. The average molecular weight is 289 g/mol. The van der Waals surface area contributed by atoms with Crippen LogP contribution in [0.25, 0.3) is 0 Å². The van der Waals surface area contributed by atoms with Crippen molar-refractivity contribution < 1.29 is 5.11 Å². The number of nitrogens with one attached hydrogen (secondary N) is 1. The van der Waals surface area contributed by atoms with Crippen LogP contribution in [0.1, 0.15) is 45.4 Å². The van der Waals surface area contributed by atoms with E-state index >= 15 is 0 Å². The molecule has 2 aliphatic rings.